The fraction of sp³-hybridized carbons (Fsp3) is 0.176. The van der Waals surface area contributed by atoms with E-state index in [2.05, 4.69) is 10.6 Å². The van der Waals surface area contributed by atoms with Crippen molar-refractivity contribution in [2.75, 3.05) is 10.6 Å². The third-order valence-electron chi connectivity index (χ3n) is 3.76. The minimum absolute atomic E-state index is 0.198. The molecular weight excluding hydrogens is 356 g/mol. The van der Waals surface area contributed by atoms with Gasteiger partial charge in [-0.3, -0.25) is 29.8 Å². The summed E-state index contributed by atoms with van der Waals surface area (Å²) < 4.78 is 0. The number of benzene rings is 2. The Balaban J connectivity index is 2.35. The number of carbonyl (C=O) groups excluding carboxylic acids is 2. The average molecular weight is 372 g/mol. The summed E-state index contributed by atoms with van der Waals surface area (Å²) >= 11 is 0. The van der Waals surface area contributed by atoms with Gasteiger partial charge in [-0.05, 0) is 24.6 Å². The van der Waals surface area contributed by atoms with Gasteiger partial charge < -0.3 is 10.6 Å². The topological polar surface area (TPSA) is 144 Å². The zero-order chi connectivity index (χ0) is 20.1. The van der Waals surface area contributed by atoms with E-state index in [-0.39, 0.29) is 17.9 Å². The van der Waals surface area contributed by atoms with Crippen molar-refractivity contribution >= 4 is 34.6 Å². The SMILES string of the molecule is CCC(=O)Nc1cccc(NC(=O)c2cc([N+](=O)[O-])cc([N+](=O)[O-])c2)c1C. The zero-order valence-corrected chi connectivity index (χ0v) is 14.5. The maximum Gasteiger partial charge on any atom is 0.277 e. The lowest BCUT2D eigenvalue weighted by Crippen LogP contribution is -2.15. The summed E-state index contributed by atoms with van der Waals surface area (Å²) in [5.74, 6) is -0.945. The first kappa shape index (κ1) is 19.5. The van der Waals surface area contributed by atoms with Crippen LogP contribution < -0.4 is 10.6 Å². The maximum absolute atomic E-state index is 12.5. The third kappa shape index (κ3) is 4.63. The summed E-state index contributed by atoms with van der Waals surface area (Å²) in [4.78, 5) is 44.3. The standard InChI is InChI=1S/C17H16N4O6/c1-3-16(22)18-14-5-4-6-15(10(14)2)19-17(23)11-7-12(20(24)25)9-13(8-11)21(26)27/h4-9H,3H2,1-2H3,(H,18,22)(H,19,23). The molecule has 10 nitrogen and oxygen atoms in total. The highest BCUT2D eigenvalue weighted by Crippen LogP contribution is 2.26. The van der Waals surface area contributed by atoms with Crippen molar-refractivity contribution < 1.29 is 19.4 Å². The average Bonchev–Trinajstić information content (AvgIpc) is 2.64. The molecule has 2 N–H and O–H groups in total. The molecule has 140 valence electrons. The van der Waals surface area contributed by atoms with Crippen LogP contribution in [0.15, 0.2) is 36.4 Å². The van der Waals surface area contributed by atoms with Crippen molar-refractivity contribution in [2.45, 2.75) is 20.3 Å². The highest BCUT2D eigenvalue weighted by atomic mass is 16.6. The van der Waals surface area contributed by atoms with E-state index in [1.165, 1.54) is 0 Å². The minimum atomic E-state index is -0.810. The second-order valence-electron chi connectivity index (χ2n) is 5.59. The molecule has 2 aromatic rings. The van der Waals surface area contributed by atoms with Gasteiger partial charge in [-0.25, -0.2) is 0 Å². The fourth-order valence-corrected chi connectivity index (χ4v) is 2.28. The molecule has 0 saturated heterocycles. The first-order valence-electron chi connectivity index (χ1n) is 7.87. The van der Waals surface area contributed by atoms with E-state index in [9.17, 15) is 29.8 Å². The number of nitrogens with one attached hydrogen (secondary N) is 2. The first-order valence-corrected chi connectivity index (χ1v) is 7.87. The van der Waals surface area contributed by atoms with E-state index in [1.807, 2.05) is 0 Å². The number of non-ortho nitro benzene ring substituents is 2. The third-order valence-corrected chi connectivity index (χ3v) is 3.76. The number of hydrogen-bond donors (Lipinski definition) is 2. The zero-order valence-electron chi connectivity index (χ0n) is 14.5. The highest BCUT2D eigenvalue weighted by molar-refractivity contribution is 6.06. The van der Waals surface area contributed by atoms with Crippen molar-refractivity contribution in [3.63, 3.8) is 0 Å². The number of nitro groups is 2. The van der Waals surface area contributed by atoms with Crippen molar-refractivity contribution in [3.8, 4) is 0 Å². The second-order valence-corrected chi connectivity index (χ2v) is 5.59. The van der Waals surface area contributed by atoms with Gasteiger partial charge >= 0.3 is 0 Å². The van der Waals surface area contributed by atoms with Gasteiger partial charge in [0.1, 0.15) is 0 Å². The van der Waals surface area contributed by atoms with Gasteiger partial charge in [-0.1, -0.05) is 13.0 Å². The smallest absolute Gasteiger partial charge is 0.277 e. The molecule has 0 saturated carbocycles. The minimum Gasteiger partial charge on any atom is -0.326 e. The molecule has 0 aliphatic rings. The summed E-state index contributed by atoms with van der Waals surface area (Å²) in [7, 11) is 0. The molecule has 0 aliphatic carbocycles. The highest BCUT2D eigenvalue weighted by Gasteiger charge is 2.20. The molecule has 0 spiro atoms. The van der Waals surface area contributed by atoms with Gasteiger partial charge in [0.15, 0.2) is 0 Å². The van der Waals surface area contributed by atoms with Crippen molar-refractivity contribution in [3.05, 3.63) is 67.8 Å². The predicted octanol–water partition coefficient (Wildman–Crippen LogP) is 3.41. The Morgan fingerprint density at radius 2 is 1.48 bits per heavy atom. The van der Waals surface area contributed by atoms with Crippen LogP contribution >= 0.6 is 0 Å². The molecule has 0 radical (unpaired) electrons. The number of nitro benzene ring substituents is 2. The van der Waals surface area contributed by atoms with Crippen LogP contribution in [0.4, 0.5) is 22.7 Å². The number of anilines is 2. The first-order chi connectivity index (χ1) is 12.7. The Kier molecular flexibility index (Phi) is 5.81. The summed E-state index contributed by atoms with van der Waals surface area (Å²) in [6.45, 7) is 3.38. The van der Waals surface area contributed by atoms with E-state index >= 15 is 0 Å². The molecule has 0 heterocycles. The van der Waals surface area contributed by atoms with Crippen LogP contribution in [0.25, 0.3) is 0 Å². The molecule has 2 amide bonds. The molecule has 2 rings (SSSR count). The van der Waals surface area contributed by atoms with Crippen LogP contribution in [0, 0.1) is 27.2 Å². The van der Waals surface area contributed by atoms with Gasteiger partial charge in [0.25, 0.3) is 17.3 Å². The van der Waals surface area contributed by atoms with E-state index in [1.54, 1.807) is 32.0 Å². The Morgan fingerprint density at radius 3 is 1.96 bits per heavy atom. The molecule has 27 heavy (non-hydrogen) atoms. The summed E-state index contributed by atoms with van der Waals surface area (Å²) in [5.41, 5.74) is 0.101. The lowest BCUT2D eigenvalue weighted by atomic mass is 10.1. The van der Waals surface area contributed by atoms with E-state index in [0.717, 1.165) is 18.2 Å². The largest absolute Gasteiger partial charge is 0.326 e. The lowest BCUT2D eigenvalue weighted by molar-refractivity contribution is -0.394. The van der Waals surface area contributed by atoms with E-state index in [4.69, 9.17) is 0 Å². The molecule has 10 heteroatoms. The number of amides is 2. The molecule has 0 bridgehead atoms. The van der Waals surface area contributed by atoms with Gasteiger partial charge in [0.2, 0.25) is 5.91 Å². The Bertz CT molecular complexity index is 909. The molecule has 0 unspecified atom stereocenters. The number of carbonyl (C=O) groups is 2. The van der Waals surface area contributed by atoms with Crippen LogP contribution in [0.3, 0.4) is 0 Å². The van der Waals surface area contributed by atoms with E-state index < -0.39 is 27.1 Å². The Hall–Kier alpha value is -3.82. The van der Waals surface area contributed by atoms with Crippen LogP contribution in [0.1, 0.15) is 29.3 Å². The van der Waals surface area contributed by atoms with Gasteiger partial charge in [0.05, 0.1) is 21.5 Å². The van der Waals surface area contributed by atoms with Gasteiger partial charge in [-0.15, -0.1) is 0 Å². The van der Waals surface area contributed by atoms with Crippen molar-refractivity contribution in [2.24, 2.45) is 0 Å². The van der Waals surface area contributed by atoms with Crippen LogP contribution in [-0.4, -0.2) is 21.7 Å². The molecule has 0 fully saturated rings. The van der Waals surface area contributed by atoms with Crippen molar-refractivity contribution in [1.82, 2.24) is 0 Å². The summed E-state index contributed by atoms with van der Waals surface area (Å²) in [6, 6.07) is 7.56. The normalized spacial score (nSPS) is 10.1. The monoisotopic (exact) mass is 372 g/mol. The molecular formula is C17H16N4O6. The predicted molar refractivity (Wildman–Crippen MR) is 97.8 cm³/mol. The molecule has 0 aliphatic heterocycles. The van der Waals surface area contributed by atoms with Gasteiger partial charge in [-0.2, -0.15) is 0 Å². The van der Waals surface area contributed by atoms with Crippen molar-refractivity contribution in [1.29, 1.82) is 0 Å². The molecule has 2 aromatic carbocycles. The quantitative estimate of drug-likeness (QED) is 0.587. The molecule has 0 atom stereocenters. The van der Waals surface area contributed by atoms with Crippen LogP contribution in [-0.2, 0) is 4.79 Å². The van der Waals surface area contributed by atoms with Crippen LogP contribution in [0.5, 0.6) is 0 Å². The fourth-order valence-electron chi connectivity index (χ4n) is 2.28. The van der Waals surface area contributed by atoms with Crippen LogP contribution in [0.2, 0.25) is 0 Å². The Labute approximate surface area is 153 Å². The number of hydrogen-bond acceptors (Lipinski definition) is 6. The molecule has 0 aromatic heterocycles. The van der Waals surface area contributed by atoms with E-state index in [0.29, 0.717) is 16.9 Å². The summed E-state index contributed by atoms with van der Waals surface area (Å²) in [6.07, 6.45) is 0.285. The van der Waals surface area contributed by atoms with Gasteiger partial charge in [0, 0.05) is 29.9 Å². The Morgan fingerprint density at radius 1 is 0.963 bits per heavy atom. The number of rotatable bonds is 6. The second kappa shape index (κ2) is 8.04. The summed E-state index contributed by atoms with van der Waals surface area (Å²) in [5, 5.41) is 27.1. The maximum atomic E-state index is 12.5. The lowest BCUT2D eigenvalue weighted by Gasteiger charge is -2.13. The number of nitrogens with zero attached hydrogens (tertiary/aromatic N) is 2.